The van der Waals surface area contributed by atoms with Crippen molar-refractivity contribution in [3.63, 3.8) is 0 Å². The molecule has 2 N–H and O–H groups in total. The second-order valence-electron chi connectivity index (χ2n) is 4.57. The van der Waals surface area contributed by atoms with Gasteiger partial charge in [-0.25, -0.2) is 9.79 Å². The van der Waals surface area contributed by atoms with Crippen molar-refractivity contribution >= 4 is 29.1 Å². The average molecular weight is 306 g/mol. The predicted molar refractivity (Wildman–Crippen MR) is 87.3 cm³/mol. The summed E-state index contributed by atoms with van der Waals surface area (Å²) in [6.07, 6.45) is 3.60. The first-order valence-electron chi connectivity index (χ1n) is 6.78. The van der Waals surface area contributed by atoms with E-state index in [-0.39, 0.29) is 5.69 Å². The summed E-state index contributed by atoms with van der Waals surface area (Å²) in [7, 11) is 1.43. The third-order valence-corrected chi connectivity index (χ3v) is 3.78. The van der Waals surface area contributed by atoms with E-state index >= 15 is 0 Å². The Kier molecular flexibility index (Phi) is 5.10. The van der Waals surface area contributed by atoms with E-state index in [1.54, 1.807) is 6.21 Å². The average Bonchev–Trinajstić information content (AvgIpc) is 2.98. The van der Waals surface area contributed by atoms with Crippen LogP contribution in [0.5, 0.6) is 0 Å². The highest BCUT2D eigenvalue weighted by Gasteiger charge is 2.10. The van der Waals surface area contributed by atoms with E-state index in [1.165, 1.54) is 18.4 Å². The molecule has 112 valence electrons. The number of nitrogens with zero attached hydrogens (tertiary/aromatic N) is 2. The molecule has 6 nitrogen and oxygen atoms in total. The van der Waals surface area contributed by atoms with Crippen molar-refractivity contribution in [2.75, 3.05) is 11.9 Å². The van der Waals surface area contributed by atoms with Crippen molar-refractivity contribution in [1.29, 1.82) is 0 Å². The summed E-state index contributed by atoms with van der Waals surface area (Å²) >= 11 is 1.53. The summed E-state index contributed by atoms with van der Waals surface area (Å²) in [5.74, 6) is 0.379. The van der Waals surface area contributed by atoms with Crippen LogP contribution in [0.25, 0.3) is 0 Å². The van der Waals surface area contributed by atoms with Gasteiger partial charge in [-0.05, 0) is 17.9 Å². The third kappa shape index (κ3) is 3.69. The van der Waals surface area contributed by atoms with Gasteiger partial charge >= 0.3 is 5.69 Å². The molecule has 2 heterocycles. The van der Waals surface area contributed by atoms with E-state index in [0.717, 1.165) is 22.3 Å². The van der Waals surface area contributed by atoms with E-state index in [2.05, 4.69) is 22.2 Å². The molecule has 0 unspecified atom stereocenters. The highest BCUT2D eigenvalue weighted by atomic mass is 32.1. The van der Waals surface area contributed by atoms with E-state index < -0.39 is 11.2 Å². The van der Waals surface area contributed by atoms with Crippen LogP contribution in [0.1, 0.15) is 24.6 Å². The van der Waals surface area contributed by atoms with Crippen LogP contribution >= 0.6 is 11.3 Å². The molecule has 7 heteroatoms. The van der Waals surface area contributed by atoms with Crippen LogP contribution in [0.2, 0.25) is 0 Å². The molecule has 0 atom stereocenters. The van der Waals surface area contributed by atoms with Crippen molar-refractivity contribution < 1.29 is 0 Å². The summed E-state index contributed by atoms with van der Waals surface area (Å²) in [5, 5.41) is 5.01. The van der Waals surface area contributed by atoms with Gasteiger partial charge in [0.1, 0.15) is 5.82 Å². The maximum absolute atomic E-state index is 12.2. The lowest BCUT2D eigenvalue weighted by molar-refractivity contribution is 0.771. The lowest BCUT2D eigenvalue weighted by Crippen LogP contribution is -2.33. The van der Waals surface area contributed by atoms with E-state index in [4.69, 9.17) is 0 Å². The number of unbranched alkanes of at least 4 members (excludes halogenated alkanes) is 1. The number of rotatable bonds is 6. The van der Waals surface area contributed by atoms with Gasteiger partial charge in [0.2, 0.25) is 0 Å². The molecule has 0 bridgehead atoms. The fraction of sp³-hybridized carbons (Fsp3) is 0.357. The fourth-order valence-electron chi connectivity index (χ4n) is 1.74. The maximum atomic E-state index is 12.2. The molecule has 0 saturated heterocycles. The first kappa shape index (κ1) is 15.2. The van der Waals surface area contributed by atoms with Gasteiger partial charge in [0.15, 0.2) is 5.69 Å². The van der Waals surface area contributed by atoms with Gasteiger partial charge in [-0.2, -0.15) is 0 Å². The van der Waals surface area contributed by atoms with E-state index in [1.807, 2.05) is 17.5 Å². The minimum Gasteiger partial charge on any atom is -0.370 e. The number of aliphatic imine (C=N–C) groups is 1. The summed E-state index contributed by atoms with van der Waals surface area (Å²) in [5.41, 5.74) is -0.638. The lowest BCUT2D eigenvalue weighted by Gasteiger charge is -2.09. The first-order valence-corrected chi connectivity index (χ1v) is 7.66. The van der Waals surface area contributed by atoms with Crippen molar-refractivity contribution in [3.05, 3.63) is 43.2 Å². The van der Waals surface area contributed by atoms with Crippen LogP contribution in [0.4, 0.5) is 11.5 Å². The predicted octanol–water partition coefficient (Wildman–Crippen LogP) is 2.10. The number of aromatic nitrogens is 2. The topological polar surface area (TPSA) is 79.2 Å². The Morgan fingerprint density at radius 3 is 2.95 bits per heavy atom. The molecule has 0 aliphatic rings. The monoisotopic (exact) mass is 306 g/mol. The smallest absolute Gasteiger partial charge is 0.329 e. The second-order valence-corrected chi connectivity index (χ2v) is 5.55. The molecule has 0 amide bonds. The Labute approximate surface area is 126 Å². The second kappa shape index (κ2) is 7.03. The van der Waals surface area contributed by atoms with Gasteiger partial charge in [-0.1, -0.05) is 19.4 Å². The van der Waals surface area contributed by atoms with E-state index in [0.29, 0.717) is 12.4 Å². The lowest BCUT2D eigenvalue weighted by atomic mass is 10.3. The third-order valence-electron chi connectivity index (χ3n) is 2.98. The van der Waals surface area contributed by atoms with Crippen molar-refractivity contribution in [2.45, 2.75) is 19.8 Å². The summed E-state index contributed by atoms with van der Waals surface area (Å²) < 4.78 is 1.02. The molecule has 2 aromatic rings. The van der Waals surface area contributed by atoms with Gasteiger partial charge in [0, 0.05) is 24.7 Å². The molecule has 2 rings (SSSR count). The maximum Gasteiger partial charge on any atom is 0.329 e. The van der Waals surface area contributed by atoms with Gasteiger partial charge in [-0.3, -0.25) is 14.3 Å². The fourth-order valence-corrected chi connectivity index (χ4v) is 2.32. The quantitative estimate of drug-likeness (QED) is 0.633. The molecule has 21 heavy (non-hydrogen) atoms. The molecular formula is C14H18N4O2S. The molecule has 0 spiro atoms. The van der Waals surface area contributed by atoms with Crippen molar-refractivity contribution in [3.8, 4) is 0 Å². The first-order chi connectivity index (χ1) is 10.1. The molecule has 0 aliphatic carbocycles. The Hall–Kier alpha value is -2.15. The van der Waals surface area contributed by atoms with Crippen molar-refractivity contribution in [1.82, 2.24) is 9.55 Å². The Bertz CT molecular complexity index is 728. The van der Waals surface area contributed by atoms with Crippen LogP contribution in [0.15, 0.2) is 32.1 Å². The number of anilines is 1. The minimum atomic E-state index is -0.450. The standard InChI is InChI=1S/C14H18N4O2S/c1-3-4-7-15-12-11(13(19)18(2)14(20)17-12)16-9-10-6-5-8-21-10/h5-6,8-9,15H,3-4,7H2,1-2H3,(H,17,20). The summed E-state index contributed by atoms with van der Waals surface area (Å²) in [4.78, 5) is 31.7. The minimum absolute atomic E-state index is 0.224. The Morgan fingerprint density at radius 1 is 1.48 bits per heavy atom. The molecule has 0 fully saturated rings. The zero-order valence-electron chi connectivity index (χ0n) is 12.0. The SMILES string of the molecule is CCCCNc1[nH]c(=O)n(C)c(=O)c1N=Cc1cccs1. The molecule has 0 aromatic carbocycles. The molecule has 2 aromatic heterocycles. The van der Waals surface area contributed by atoms with Gasteiger partial charge in [0.25, 0.3) is 5.56 Å². The Balaban J connectivity index is 2.38. The van der Waals surface area contributed by atoms with Crippen LogP contribution in [-0.4, -0.2) is 22.3 Å². The summed E-state index contributed by atoms with van der Waals surface area (Å²) in [6, 6.07) is 3.83. The zero-order valence-corrected chi connectivity index (χ0v) is 12.9. The number of H-pyrrole nitrogens is 1. The van der Waals surface area contributed by atoms with Crippen LogP contribution in [-0.2, 0) is 7.05 Å². The molecule has 0 radical (unpaired) electrons. The van der Waals surface area contributed by atoms with Gasteiger partial charge in [-0.15, -0.1) is 11.3 Å². The van der Waals surface area contributed by atoms with Crippen molar-refractivity contribution in [2.24, 2.45) is 12.0 Å². The number of aromatic amines is 1. The molecule has 0 saturated carbocycles. The highest BCUT2D eigenvalue weighted by Crippen LogP contribution is 2.16. The van der Waals surface area contributed by atoms with Crippen LogP contribution in [0, 0.1) is 0 Å². The van der Waals surface area contributed by atoms with Crippen LogP contribution < -0.4 is 16.6 Å². The number of hydrogen-bond donors (Lipinski definition) is 2. The van der Waals surface area contributed by atoms with Gasteiger partial charge in [0.05, 0.1) is 0 Å². The van der Waals surface area contributed by atoms with Gasteiger partial charge < -0.3 is 5.32 Å². The van der Waals surface area contributed by atoms with Crippen LogP contribution in [0.3, 0.4) is 0 Å². The number of thiophene rings is 1. The highest BCUT2D eigenvalue weighted by molar-refractivity contribution is 7.11. The normalized spacial score (nSPS) is 11.1. The largest absolute Gasteiger partial charge is 0.370 e. The molecule has 0 aliphatic heterocycles. The van der Waals surface area contributed by atoms with E-state index in [9.17, 15) is 9.59 Å². The summed E-state index contributed by atoms with van der Waals surface area (Å²) in [6.45, 7) is 2.76. The Morgan fingerprint density at radius 2 is 2.29 bits per heavy atom. The molecular weight excluding hydrogens is 288 g/mol. The number of hydrogen-bond acceptors (Lipinski definition) is 5. The zero-order chi connectivity index (χ0) is 15.2. The number of nitrogens with one attached hydrogen (secondary N) is 2.